The number of rotatable bonds is 4. The maximum Gasteiger partial charge on any atom is 0.277 e. The lowest BCUT2D eigenvalue weighted by Crippen LogP contribution is -2.64. The third-order valence-corrected chi connectivity index (χ3v) is 6.17. The van der Waals surface area contributed by atoms with Crippen molar-refractivity contribution in [3.63, 3.8) is 0 Å². The maximum absolute atomic E-state index is 13.9. The number of carbonyl (C=O) groups excluding carboxylic acids is 2. The lowest BCUT2D eigenvalue weighted by molar-refractivity contribution is -0.126. The van der Waals surface area contributed by atoms with Crippen molar-refractivity contribution in [2.24, 2.45) is 0 Å². The van der Waals surface area contributed by atoms with Crippen LogP contribution in [0, 0.1) is 13.8 Å². The van der Waals surface area contributed by atoms with Crippen LogP contribution in [0.1, 0.15) is 60.6 Å². The Morgan fingerprint density at radius 1 is 1.06 bits per heavy atom. The summed E-state index contributed by atoms with van der Waals surface area (Å²) in [6, 6.07) is 17.6. The molecular formula is C27H32N4O2. The molecule has 1 aliphatic heterocycles. The number of nitrogens with zero attached hydrogens (tertiary/aromatic N) is 3. The molecule has 0 saturated heterocycles. The summed E-state index contributed by atoms with van der Waals surface area (Å²) in [4.78, 5) is 29.2. The Kier molecular flexibility index (Phi) is 5.64. The number of benzene rings is 2. The second kappa shape index (κ2) is 8.18. The number of carbonyl (C=O) groups is 2. The van der Waals surface area contributed by atoms with Crippen molar-refractivity contribution in [2.45, 2.75) is 65.6 Å². The first-order valence-electron chi connectivity index (χ1n) is 11.3. The monoisotopic (exact) mass is 444 g/mol. The molecule has 1 N–H and O–H groups in total. The topological polar surface area (TPSA) is 67.2 Å². The molecule has 2 aromatic carbocycles. The molecule has 6 nitrogen and oxygen atoms in total. The van der Waals surface area contributed by atoms with E-state index in [0.29, 0.717) is 12.2 Å². The average Bonchev–Trinajstić information content (AvgIpc) is 3.16. The Labute approximate surface area is 195 Å². The summed E-state index contributed by atoms with van der Waals surface area (Å²) in [5, 5.41) is 7.77. The second-order valence-electron chi connectivity index (χ2n) is 10.3. The first-order chi connectivity index (χ1) is 15.5. The van der Waals surface area contributed by atoms with Gasteiger partial charge in [0, 0.05) is 17.6 Å². The van der Waals surface area contributed by atoms with Gasteiger partial charge in [0.1, 0.15) is 11.2 Å². The third-order valence-electron chi connectivity index (χ3n) is 6.17. The van der Waals surface area contributed by atoms with Crippen LogP contribution in [0.3, 0.4) is 0 Å². The molecule has 172 valence electrons. The smallest absolute Gasteiger partial charge is 0.277 e. The summed E-state index contributed by atoms with van der Waals surface area (Å²) in [7, 11) is 0. The van der Waals surface area contributed by atoms with E-state index in [-0.39, 0.29) is 23.8 Å². The van der Waals surface area contributed by atoms with Crippen LogP contribution in [-0.2, 0) is 23.3 Å². The summed E-state index contributed by atoms with van der Waals surface area (Å²) in [5.41, 5.74) is 3.80. The minimum absolute atomic E-state index is 0.207. The van der Waals surface area contributed by atoms with Gasteiger partial charge in [0.25, 0.3) is 5.91 Å². The van der Waals surface area contributed by atoms with Crippen molar-refractivity contribution in [1.29, 1.82) is 0 Å². The normalized spacial score (nSPS) is 18.2. The molecule has 0 radical (unpaired) electrons. The Hall–Kier alpha value is -3.41. The van der Waals surface area contributed by atoms with Crippen LogP contribution in [-0.4, -0.2) is 27.1 Å². The van der Waals surface area contributed by atoms with Crippen LogP contribution in [0.5, 0.6) is 0 Å². The number of nitrogens with one attached hydrogen (secondary N) is 1. The highest BCUT2D eigenvalue weighted by Crippen LogP contribution is 2.35. The summed E-state index contributed by atoms with van der Waals surface area (Å²) in [5.74, 6) is -0.427. The van der Waals surface area contributed by atoms with Crippen molar-refractivity contribution in [3.05, 3.63) is 82.7 Å². The number of aryl methyl sites for hydroxylation is 2. The summed E-state index contributed by atoms with van der Waals surface area (Å²) in [6.45, 7) is 12.7. The van der Waals surface area contributed by atoms with Crippen molar-refractivity contribution >= 4 is 17.5 Å². The highest BCUT2D eigenvalue weighted by Gasteiger charge is 2.49. The number of anilines is 1. The molecule has 2 amide bonds. The summed E-state index contributed by atoms with van der Waals surface area (Å²) < 4.78 is 1.70. The minimum Gasteiger partial charge on any atom is -0.350 e. The number of amides is 2. The molecule has 33 heavy (non-hydrogen) atoms. The third kappa shape index (κ3) is 4.30. The standard InChI is InChI=1S/C27H32N4O2/c1-18-12-19(2)14-21(13-18)31-24(32)22-15-23(26(3,4)5)29-30(22)17-27(31,6)25(33)28-16-20-10-8-7-9-11-20/h7-15H,16-17H2,1-6H3,(H,28,33). The van der Waals surface area contributed by atoms with E-state index < -0.39 is 5.54 Å². The SMILES string of the molecule is Cc1cc(C)cc(N2C(=O)c3cc(C(C)(C)C)nn3CC2(C)C(=O)NCc2ccccc2)c1. The molecule has 1 atom stereocenters. The Balaban J connectivity index is 1.78. The molecule has 1 aliphatic rings. The molecule has 2 heterocycles. The van der Waals surface area contributed by atoms with Crippen LogP contribution in [0.4, 0.5) is 5.69 Å². The molecule has 0 spiro atoms. The van der Waals surface area contributed by atoms with E-state index in [4.69, 9.17) is 5.10 Å². The van der Waals surface area contributed by atoms with Gasteiger partial charge in [-0.15, -0.1) is 0 Å². The molecule has 1 unspecified atom stereocenters. The van der Waals surface area contributed by atoms with E-state index in [2.05, 4.69) is 32.2 Å². The van der Waals surface area contributed by atoms with Crippen LogP contribution < -0.4 is 10.2 Å². The first kappa shape index (κ1) is 22.8. The van der Waals surface area contributed by atoms with Crippen molar-refractivity contribution in [3.8, 4) is 0 Å². The molecule has 4 rings (SSSR count). The van der Waals surface area contributed by atoms with E-state index in [1.54, 1.807) is 9.58 Å². The predicted octanol–water partition coefficient (Wildman–Crippen LogP) is 4.53. The van der Waals surface area contributed by atoms with Gasteiger partial charge in [0.15, 0.2) is 0 Å². The largest absolute Gasteiger partial charge is 0.350 e. The predicted molar refractivity (Wildman–Crippen MR) is 130 cm³/mol. The minimum atomic E-state index is -1.14. The average molecular weight is 445 g/mol. The quantitative estimate of drug-likeness (QED) is 0.643. The molecule has 3 aromatic rings. The van der Waals surface area contributed by atoms with Crippen molar-refractivity contribution < 1.29 is 9.59 Å². The van der Waals surface area contributed by atoms with E-state index in [1.807, 2.05) is 69.3 Å². The van der Waals surface area contributed by atoms with E-state index >= 15 is 0 Å². The van der Waals surface area contributed by atoms with Gasteiger partial charge < -0.3 is 5.32 Å². The first-order valence-corrected chi connectivity index (χ1v) is 11.3. The number of hydrogen-bond acceptors (Lipinski definition) is 3. The molecule has 0 bridgehead atoms. The molecule has 0 aliphatic carbocycles. The van der Waals surface area contributed by atoms with E-state index in [0.717, 1.165) is 28.1 Å². The van der Waals surface area contributed by atoms with Crippen LogP contribution in [0.15, 0.2) is 54.6 Å². The molecule has 1 aromatic heterocycles. The number of aromatic nitrogens is 2. The van der Waals surface area contributed by atoms with Crippen LogP contribution in [0.2, 0.25) is 0 Å². The zero-order valence-corrected chi connectivity index (χ0v) is 20.3. The van der Waals surface area contributed by atoms with Gasteiger partial charge >= 0.3 is 0 Å². The Morgan fingerprint density at radius 2 is 1.70 bits per heavy atom. The van der Waals surface area contributed by atoms with Crippen LogP contribution in [0.25, 0.3) is 0 Å². The lowest BCUT2D eigenvalue weighted by Gasteiger charge is -2.43. The van der Waals surface area contributed by atoms with Crippen molar-refractivity contribution in [1.82, 2.24) is 15.1 Å². The maximum atomic E-state index is 13.9. The number of hydrogen-bond donors (Lipinski definition) is 1. The molecule has 0 saturated carbocycles. The van der Waals surface area contributed by atoms with Gasteiger partial charge in [-0.3, -0.25) is 19.2 Å². The zero-order valence-electron chi connectivity index (χ0n) is 20.3. The highest BCUT2D eigenvalue weighted by atomic mass is 16.2. The van der Waals surface area contributed by atoms with Gasteiger partial charge in [0.2, 0.25) is 5.91 Å². The molecule has 6 heteroatoms. The molecule has 0 fully saturated rings. The summed E-state index contributed by atoms with van der Waals surface area (Å²) in [6.07, 6.45) is 0. The van der Waals surface area contributed by atoms with Gasteiger partial charge in [-0.2, -0.15) is 5.10 Å². The Bertz CT molecular complexity index is 1190. The molecular weight excluding hydrogens is 412 g/mol. The van der Waals surface area contributed by atoms with Crippen LogP contribution >= 0.6 is 0 Å². The lowest BCUT2D eigenvalue weighted by atomic mass is 9.91. The summed E-state index contributed by atoms with van der Waals surface area (Å²) >= 11 is 0. The van der Waals surface area contributed by atoms with Gasteiger partial charge in [-0.05, 0) is 55.7 Å². The zero-order chi connectivity index (χ0) is 24.0. The number of fused-ring (bicyclic) bond motifs is 1. The fourth-order valence-electron chi connectivity index (χ4n) is 4.40. The highest BCUT2D eigenvalue weighted by molar-refractivity contribution is 6.11. The van der Waals surface area contributed by atoms with Gasteiger partial charge in [0.05, 0.1) is 12.2 Å². The Morgan fingerprint density at radius 3 is 2.30 bits per heavy atom. The van der Waals surface area contributed by atoms with Gasteiger partial charge in [-0.25, -0.2) is 0 Å². The van der Waals surface area contributed by atoms with E-state index in [9.17, 15) is 9.59 Å². The fraction of sp³-hybridized carbons (Fsp3) is 0.370. The second-order valence-corrected chi connectivity index (χ2v) is 10.3. The van der Waals surface area contributed by atoms with Crippen molar-refractivity contribution in [2.75, 3.05) is 4.90 Å². The van der Waals surface area contributed by atoms with Gasteiger partial charge in [-0.1, -0.05) is 57.2 Å². The fourth-order valence-corrected chi connectivity index (χ4v) is 4.40. The van der Waals surface area contributed by atoms with E-state index in [1.165, 1.54) is 0 Å².